The predicted molar refractivity (Wildman–Crippen MR) is 84.1 cm³/mol. The Morgan fingerprint density at radius 3 is 2.96 bits per heavy atom. The number of carbonyl (C=O) groups is 3. The molecule has 1 N–H and O–H groups in total. The maximum Gasteiger partial charge on any atom is 0.308 e. The van der Waals surface area contributed by atoms with Crippen molar-refractivity contribution in [2.45, 2.75) is 12.5 Å². The van der Waals surface area contributed by atoms with Gasteiger partial charge in [0.15, 0.2) is 5.01 Å². The van der Waals surface area contributed by atoms with Crippen LogP contribution in [0.5, 0.6) is 0 Å². The summed E-state index contributed by atoms with van der Waals surface area (Å²) >= 11 is 1.28. The highest BCUT2D eigenvalue weighted by Crippen LogP contribution is 2.24. The molecular formula is C15H15N3O4S. The van der Waals surface area contributed by atoms with Crippen molar-refractivity contribution in [2.75, 3.05) is 20.2 Å². The Hall–Kier alpha value is -2.48. The summed E-state index contributed by atoms with van der Waals surface area (Å²) in [5.41, 5.74) is 0.742. The molecule has 0 aliphatic carbocycles. The van der Waals surface area contributed by atoms with Gasteiger partial charge in [0.1, 0.15) is 6.04 Å². The van der Waals surface area contributed by atoms with Crippen LogP contribution in [0, 0.1) is 0 Å². The Bertz CT molecular complexity index is 740. The number of methoxy groups -OCH3 is 1. The standard InChI is InChI=1S/C15H15N3O4S/c1-22-12(19)8-10-13(20)16-6-7-18(10)15(21)14-17-9-4-2-3-5-11(9)23-14/h2-5,10H,6-8H2,1H3,(H,16,20). The monoisotopic (exact) mass is 333 g/mol. The van der Waals surface area contributed by atoms with Crippen LogP contribution in [0.25, 0.3) is 10.2 Å². The van der Waals surface area contributed by atoms with Gasteiger partial charge in [0.2, 0.25) is 5.91 Å². The van der Waals surface area contributed by atoms with Gasteiger partial charge in [0.25, 0.3) is 5.91 Å². The third-order valence-electron chi connectivity index (χ3n) is 3.66. The second kappa shape index (κ2) is 6.33. The minimum Gasteiger partial charge on any atom is -0.469 e. The number of carbonyl (C=O) groups excluding carboxylic acids is 3. The van der Waals surface area contributed by atoms with Crippen LogP contribution >= 0.6 is 11.3 Å². The number of amides is 2. The fraction of sp³-hybridized carbons (Fsp3) is 0.333. The highest BCUT2D eigenvalue weighted by molar-refractivity contribution is 7.20. The molecule has 7 nitrogen and oxygen atoms in total. The molecule has 120 valence electrons. The molecule has 2 aromatic rings. The maximum absolute atomic E-state index is 12.7. The number of esters is 1. The normalized spacial score (nSPS) is 17.9. The molecule has 1 aromatic carbocycles. The van der Waals surface area contributed by atoms with Crippen molar-refractivity contribution in [1.82, 2.24) is 15.2 Å². The molecule has 3 rings (SSSR count). The fourth-order valence-electron chi connectivity index (χ4n) is 2.49. The molecule has 2 amide bonds. The van der Waals surface area contributed by atoms with Gasteiger partial charge in [-0.25, -0.2) is 4.98 Å². The Balaban J connectivity index is 1.88. The Kier molecular flexibility index (Phi) is 4.24. The van der Waals surface area contributed by atoms with Gasteiger partial charge in [-0.05, 0) is 12.1 Å². The number of hydrogen-bond donors (Lipinski definition) is 1. The maximum atomic E-state index is 12.7. The highest BCUT2D eigenvalue weighted by Gasteiger charge is 2.36. The number of ether oxygens (including phenoxy) is 1. The molecule has 1 aliphatic heterocycles. The van der Waals surface area contributed by atoms with E-state index in [2.05, 4.69) is 15.0 Å². The SMILES string of the molecule is COC(=O)CC1C(=O)NCCN1C(=O)c1nc2ccccc2s1. The number of hydrogen-bond acceptors (Lipinski definition) is 6. The van der Waals surface area contributed by atoms with Crippen molar-refractivity contribution < 1.29 is 19.1 Å². The van der Waals surface area contributed by atoms with E-state index in [4.69, 9.17) is 0 Å². The number of aromatic nitrogens is 1. The van der Waals surface area contributed by atoms with E-state index >= 15 is 0 Å². The molecule has 0 saturated carbocycles. The van der Waals surface area contributed by atoms with Crippen molar-refractivity contribution >= 4 is 39.3 Å². The molecule has 8 heteroatoms. The molecule has 0 spiro atoms. The van der Waals surface area contributed by atoms with Gasteiger partial charge in [-0.3, -0.25) is 14.4 Å². The van der Waals surface area contributed by atoms with Crippen molar-refractivity contribution in [3.05, 3.63) is 29.3 Å². The summed E-state index contributed by atoms with van der Waals surface area (Å²) in [6.45, 7) is 0.690. The Morgan fingerprint density at radius 2 is 2.22 bits per heavy atom. The third-order valence-corrected chi connectivity index (χ3v) is 4.68. The number of para-hydroxylation sites is 1. The summed E-state index contributed by atoms with van der Waals surface area (Å²) in [5, 5.41) is 2.98. The summed E-state index contributed by atoms with van der Waals surface area (Å²) in [4.78, 5) is 42.0. The first-order valence-electron chi connectivity index (χ1n) is 7.11. The van der Waals surface area contributed by atoms with E-state index in [1.54, 1.807) is 0 Å². The summed E-state index contributed by atoms with van der Waals surface area (Å²) in [6, 6.07) is 6.58. The van der Waals surface area contributed by atoms with Gasteiger partial charge in [-0.2, -0.15) is 0 Å². The van der Waals surface area contributed by atoms with Gasteiger partial charge in [-0.1, -0.05) is 12.1 Å². The zero-order chi connectivity index (χ0) is 16.4. The van der Waals surface area contributed by atoms with Crippen LogP contribution in [-0.4, -0.2) is 53.9 Å². The molecule has 1 aliphatic rings. The van der Waals surface area contributed by atoms with E-state index in [0.717, 1.165) is 10.2 Å². The smallest absolute Gasteiger partial charge is 0.308 e. The molecule has 1 saturated heterocycles. The average Bonchev–Trinajstić information content (AvgIpc) is 3.00. The Labute approximate surface area is 136 Å². The van der Waals surface area contributed by atoms with Crippen LogP contribution < -0.4 is 5.32 Å². The second-order valence-electron chi connectivity index (χ2n) is 5.07. The molecular weight excluding hydrogens is 318 g/mol. The minimum atomic E-state index is -0.865. The number of fused-ring (bicyclic) bond motifs is 1. The van der Waals surface area contributed by atoms with E-state index in [0.29, 0.717) is 18.1 Å². The molecule has 1 fully saturated rings. The molecule has 1 unspecified atom stereocenters. The van der Waals surface area contributed by atoms with E-state index in [1.807, 2.05) is 24.3 Å². The van der Waals surface area contributed by atoms with E-state index < -0.39 is 12.0 Å². The first-order valence-corrected chi connectivity index (χ1v) is 7.93. The van der Waals surface area contributed by atoms with Crippen molar-refractivity contribution in [1.29, 1.82) is 0 Å². The lowest BCUT2D eigenvalue weighted by Crippen LogP contribution is -2.57. The van der Waals surface area contributed by atoms with E-state index in [9.17, 15) is 14.4 Å². The Morgan fingerprint density at radius 1 is 1.43 bits per heavy atom. The lowest BCUT2D eigenvalue weighted by Gasteiger charge is -2.33. The number of thiazole rings is 1. The topological polar surface area (TPSA) is 88.6 Å². The van der Waals surface area contributed by atoms with Gasteiger partial charge in [0, 0.05) is 13.1 Å². The number of nitrogens with zero attached hydrogens (tertiary/aromatic N) is 2. The van der Waals surface area contributed by atoms with Crippen molar-refractivity contribution in [2.24, 2.45) is 0 Å². The van der Waals surface area contributed by atoms with Crippen LogP contribution in [0.15, 0.2) is 24.3 Å². The van der Waals surface area contributed by atoms with Crippen LogP contribution in [0.4, 0.5) is 0 Å². The zero-order valence-electron chi connectivity index (χ0n) is 12.4. The number of benzene rings is 1. The zero-order valence-corrected chi connectivity index (χ0v) is 13.3. The molecule has 0 bridgehead atoms. The largest absolute Gasteiger partial charge is 0.469 e. The molecule has 1 atom stereocenters. The number of rotatable bonds is 3. The van der Waals surface area contributed by atoms with Crippen LogP contribution in [0.2, 0.25) is 0 Å². The van der Waals surface area contributed by atoms with E-state index in [-0.39, 0.29) is 18.2 Å². The molecule has 2 heterocycles. The second-order valence-corrected chi connectivity index (χ2v) is 6.10. The van der Waals surface area contributed by atoms with Crippen molar-refractivity contribution in [3.8, 4) is 0 Å². The summed E-state index contributed by atoms with van der Waals surface area (Å²) in [5.74, 6) is -1.22. The summed E-state index contributed by atoms with van der Waals surface area (Å²) in [7, 11) is 1.25. The van der Waals surface area contributed by atoms with Crippen LogP contribution in [0.3, 0.4) is 0 Å². The minimum absolute atomic E-state index is 0.168. The first kappa shape index (κ1) is 15.4. The lowest BCUT2D eigenvalue weighted by molar-refractivity contribution is -0.145. The van der Waals surface area contributed by atoms with Crippen LogP contribution in [-0.2, 0) is 14.3 Å². The molecule has 23 heavy (non-hydrogen) atoms. The van der Waals surface area contributed by atoms with Gasteiger partial charge in [-0.15, -0.1) is 11.3 Å². The lowest BCUT2D eigenvalue weighted by atomic mass is 10.1. The van der Waals surface area contributed by atoms with Crippen molar-refractivity contribution in [3.63, 3.8) is 0 Å². The fourth-order valence-corrected chi connectivity index (χ4v) is 3.41. The van der Waals surface area contributed by atoms with Gasteiger partial charge >= 0.3 is 5.97 Å². The predicted octanol–water partition coefficient (Wildman–Crippen LogP) is 0.800. The third kappa shape index (κ3) is 3.02. The highest BCUT2D eigenvalue weighted by atomic mass is 32.1. The average molecular weight is 333 g/mol. The molecule has 0 radical (unpaired) electrons. The van der Waals surface area contributed by atoms with Gasteiger partial charge < -0.3 is 15.0 Å². The van der Waals surface area contributed by atoms with Crippen LogP contribution in [0.1, 0.15) is 16.2 Å². The number of piperazine rings is 1. The quantitative estimate of drug-likeness (QED) is 0.839. The van der Waals surface area contributed by atoms with E-state index in [1.165, 1.54) is 23.3 Å². The number of nitrogens with one attached hydrogen (secondary N) is 1. The van der Waals surface area contributed by atoms with Gasteiger partial charge in [0.05, 0.1) is 23.7 Å². The molecule has 1 aromatic heterocycles. The summed E-state index contributed by atoms with van der Waals surface area (Å²) < 4.78 is 5.52. The summed E-state index contributed by atoms with van der Waals surface area (Å²) in [6.07, 6.45) is -0.168. The first-order chi connectivity index (χ1) is 11.1.